The number of aromatic hydroxyl groups is 1. The van der Waals surface area contributed by atoms with E-state index in [-0.39, 0.29) is 14.8 Å². The first-order valence-corrected chi connectivity index (χ1v) is 14.2. The first-order valence-electron chi connectivity index (χ1n) is 12.6. The van der Waals surface area contributed by atoms with Gasteiger partial charge < -0.3 is 19.3 Å². The molecule has 2 heterocycles. The van der Waals surface area contributed by atoms with Crippen molar-refractivity contribution in [2.45, 2.75) is 17.8 Å². The van der Waals surface area contributed by atoms with Gasteiger partial charge in [-0.2, -0.15) is 26.3 Å². The van der Waals surface area contributed by atoms with E-state index in [0.717, 1.165) is 30.6 Å². The molecule has 4 nitrogen and oxygen atoms in total. The van der Waals surface area contributed by atoms with Crippen molar-refractivity contribution in [3.05, 3.63) is 92.7 Å². The van der Waals surface area contributed by atoms with Gasteiger partial charge >= 0.3 is 17.8 Å². The van der Waals surface area contributed by atoms with E-state index in [1.54, 1.807) is 48.5 Å². The number of allylic oxidation sites excluding steroid dienone is 2. The number of hydrogen-bond acceptors (Lipinski definition) is 6. The van der Waals surface area contributed by atoms with E-state index in [4.69, 9.17) is 14.2 Å². The minimum absolute atomic E-state index is 0.0159. The van der Waals surface area contributed by atoms with Crippen molar-refractivity contribution in [2.24, 2.45) is 0 Å². The van der Waals surface area contributed by atoms with Gasteiger partial charge in [0.15, 0.2) is 10.1 Å². The Labute approximate surface area is 256 Å². The second-order valence-corrected chi connectivity index (χ2v) is 11.3. The van der Waals surface area contributed by atoms with Crippen LogP contribution in [0.1, 0.15) is 32.0 Å². The fourth-order valence-electron chi connectivity index (χ4n) is 4.43. The largest absolute Gasteiger partial charge is 0.499 e. The maximum Gasteiger partial charge on any atom is 0.380 e. The molecule has 2 aromatic carbocycles. The molecule has 0 saturated heterocycles. The van der Waals surface area contributed by atoms with E-state index in [0.29, 0.717) is 34.0 Å². The molecule has 5 rings (SSSR count). The quantitative estimate of drug-likeness (QED) is 0.176. The van der Waals surface area contributed by atoms with Gasteiger partial charge in [-0.05, 0) is 60.7 Å². The second kappa shape index (κ2) is 11.5. The molecule has 0 bridgehead atoms. The minimum atomic E-state index is -5.82. The Balaban J connectivity index is 1.63. The van der Waals surface area contributed by atoms with Gasteiger partial charge in [0.25, 0.3) is 0 Å². The third-order valence-electron chi connectivity index (χ3n) is 6.64. The number of hydrogen-bond donors (Lipinski definition) is 1. The monoisotopic (exact) mass is 646 g/mol. The SMILES string of the molecule is COc1ccc(C#Cc2cc(C3=C(c4cc(C#Cc5ccc(OC)cc5)sc4OC)C(F)(F)C(F)(F)C3(F)F)c(O)s2)cc1. The lowest BCUT2D eigenvalue weighted by Gasteiger charge is -2.25. The maximum atomic E-state index is 15.4. The molecule has 0 unspecified atom stereocenters. The lowest BCUT2D eigenvalue weighted by Crippen LogP contribution is -2.48. The third kappa shape index (κ3) is 5.25. The van der Waals surface area contributed by atoms with Gasteiger partial charge in [0.1, 0.15) is 11.5 Å². The normalized spacial score (nSPS) is 16.0. The predicted octanol–water partition coefficient (Wildman–Crippen LogP) is 8.17. The number of rotatable bonds is 5. The Morgan fingerprint density at radius 3 is 1.48 bits per heavy atom. The van der Waals surface area contributed by atoms with Crippen molar-refractivity contribution in [3.8, 4) is 45.3 Å². The Kier molecular flexibility index (Phi) is 8.10. The van der Waals surface area contributed by atoms with Crippen LogP contribution in [0.25, 0.3) is 11.1 Å². The van der Waals surface area contributed by atoms with Crippen LogP contribution in [-0.4, -0.2) is 44.2 Å². The average Bonchev–Trinajstić information content (AvgIpc) is 3.62. The van der Waals surface area contributed by atoms with Crippen LogP contribution in [0.3, 0.4) is 0 Å². The Morgan fingerprint density at radius 1 is 0.591 bits per heavy atom. The molecule has 2 aromatic heterocycles. The summed E-state index contributed by atoms with van der Waals surface area (Å²) in [4.78, 5) is 0.0762. The van der Waals surface area contributed by atoms with Gasteiger partial charge in [-0.25, -0.2) is 0 Å². The van der Waals surface area contributed by atoms with Crippen molar-refractivity contribution < 1.29 is 45.7 Å². The van der Waals surface area contributed by atoms with E-state index < -0.39 is 45.1 Å². The highest BCUT2D eigenvalue weighted by atomic mass is 32.1. The van der Waals surface area contributed by atoms with E-state index in [1.807, 2.05) is 0 Å². The highest BCUT2D eigenvalue weighted by molar-refractivity contribution is 7.15. The standard InChI is InChI=1S/C32H20F6O4S2/c1-40-20-10-4-18(5-11-20)8-14-22-16-24(28(39)43-22)26-27(31(35,36)32(37,38)30(26,33)34)25-17-23(44-29(25)42-3)15-9-19-6-12-21(41-2)13-7-19/h4-7,10-13,16-17,39H,1-3H3. The van der Waals surface area contributed by atoms with Gasteiger partial charge in [0.05, 0.1) is 31.1 Å². The average molecular weight is 647 g/mol. The van der Waals surface area contributed by atoms with Crippen molar-refractivity contribution in [1.29, 1.82) is 0 Å². The van der Waals surface area contributed by atoms with Gasteiger partial charge in [-0.3, -0.25) is 0 Å². The van der Waals surface area contributed by atoms with Crippen molar-refractivity contribution in [3.63, 3.8) is 0 Å². The molecule has 0 spiro atoms. The molecule has 0 radical (unpaired) electrons. The molecule has 44 heavy (non-hydrogen) atoms. The highest BCUT2D eigenvalue weighted by Crippen LogP contribution is 2.66. The van der Waals surface area contributed by atoms with Crippen LogP contribution in [0.4, 0.5) is 26.3 Å². The zero-order valence-electron chi connectivity index (χ0n) is 23.0. The van der Waals surface area contributed by atoms with Crippen molar-refractivity contribution >= 4 is 33.8 Å². The topological polar surface area (TPSA) is 47.9 Å². The van der Waals surface area contributed by atoms with Gasteiger partial charge in [0.2, 0.25) is 0 Å². The maximum absolute atomic E-state index is 15.4. The lowest BCUT2D eigenvalue weighted by atomic mass is 9.97. The zero-order chi connectivity index (χ0) is 31.9. The first-order chi connectivity index (χ1) is 20.8. The number of benzene rings is 2. The number of alkyl halides is 6. The fraction of sp³-hybridized carbons (Fsp3) is 0.188. The summed E-state index contributed by atoms with van der Waals surface area (Å²) >= 11 is 1.21. The summed E-state index contributed by atoms with van der Waals surface area (Å²) in [5, 5.41) is 9.38. The molecule has 4 aromatic rings. The number of methoxy groups -OCH3 is 3. The number of halogens is 6. The first kappa shape index (κ1) is 30.9. The Bertz CT molecular complexity index is 1870. The van der Waals surface area contributed by atoms with Crippen molar-refractivity contribution in [2.75, 3.05) is 21.3 Å². The van der Waals surface area contributed by atoms with E-state index >= 15 is 17.6 Å². The summed E-state index contributed by atoms with van der Waals surface area (Å²) in [6.45, 7) is 0. The summed E-state index contributed by atoms with van der Waals surface area (Å²) in [7, 11) is 4.06. The smallest absolute Gasteiger partial charge is 0.380 e. The zero-order valence-corrected chi connectivity index (χ0v) is 24.7. The van der Waals surface area contributed by atoms with Gasteiger partial charge in [-0.15, -0.1) is 0 Å². The molecule has 1 N–H and O–H groups in total. The van der Waals surface area contributed by atoms with Crippen LogP contribution >= 0.6 is 22.7 Å². The summed E-state index contributed by atoms with van der Waals surface area (Å²) in [5.41, 5.74) is -3.94. The van der Waals surface area contributed by atoms with E-state index in [1.165, 1.54) is 14.2 Å². The molecule has 12 heteroatoms. The van der Waals surface area contributed by atoms with E-state index in [9.17, 15) is 13.9 Å². The molecule has 0 fully saturated rings. The van der Waals surface area contributed by atoms with Crippen LogP contribution < -0.4 is 14.2 Å². The minimum Gasteiger partial charge on any atom is -0.499 e. The molecule has 0 aliphatic heterocycles. The second-order valence-electron chi connectivity index (χ2n) is 9.28. The molecule has 0 atom stereocenters. The van der Waals surface area contributed by atoms with Crippen LogP contribution in [0.2, 0.25) is 0 Å². The third-order valence-corrected chi connectivity index (χ3v) is 8.51. The van der Waals surface area contributed by atoms with Crippen LogP contribution in [0, 0.1) is 23.7 Å². The molecule has 0 saturated carbocycles. The summed E-state index contributed by atoms with van der Waals surface area (Å²) in [5.74, 6) is -4.47. The van der Waals surface area contributed by atoms with Gasteiger partial charge in [0, 0.05) is 33.4 Å². The molecule has 1 aliphatic rings. The van der Waals surface area contributed by atoms with Crippen LogP contribution in [0.5, 0.6) is 21.6 Å². The summed E-state index contributed by atoms with van der Waals surface area (Å²) in [6, 6.07) is 14.9. The number of thiophene rings is 2. The highest BCUT2D eigenvalue weighted by Gasteiger charge is 2.80. The molecule has 1 aliphatic carbocycles. The lowest BCUT2D eigenvalue weighted by molar-refractivity contribution is -0.254. The van der Waals surface area contributed by atoms with Crippen molar-refractivity contribution in [1.82, 2.24) is 0 Å². The van der Waals surface area contributed by atoms with E-state index in [2.05, 4.69) is 23.7 Å². The molecule has 226 valence electrons. The molecular formula is C32H20F6O4S2. The predicted molar refractivity (Wildman–Crippen MR) is 156 cm³/mol. The molecule has 0 amide bonds. The van der Waals surface area contributed by atoms with Gasteiger partial charge in [-0.1, -0.05) is 46.4 Å². The van der Waals surface area contributed by atoms with Crippen LogP contribution in [-0.2, 0) is 0 Å². The Morgan fingerprint density at radius 2 is 1.02 bits per heavy atom. The van der Waals surface area contributed by atoms with Crippen LogP contribution in [0.15, 0.2) is 60.7 Å². The fourth-order valence-corrected chi connectivity index (χ4v) is 6.02. The summed E-state index contributed by atoms with van der Waals surface area (Å²) < 4.78 is 107. The number of ether oxygens (including phenoxy) is 3. The molecular weight excluding hydrogens is 626 g/mol. The summed E-state index contributed by atoms with van der Waals surface area (Å²) in [6.07, 6.45) is 0. The Hall–Kier alpha value is -4.52.